The summed E-state index contributed by atoms with van der Waals surface area (Å²) in [4.78, 5) is 0. The normalized spacial score (nSPS) is 54.0. The van der Waals surface area contributed by atoms with E-state index in [1.54, 1.807) is 0 Å². The van der Waals surface area contributed by atoms with E-state index in [2.05, 4.69) is 5.32 Å². The van der Waals surface area contributed by atoms with Crippen LogP contribution in [-0.4, -0.2) is 19.1 Å². The molecule has 0 heterocycles. The Bertz CT molecular complexity index is 116. The molecule has 2 heteroatoms. The van der Waals surface area contributed by atoms with Crippen molar-refractivity contribution in [1.82, 2.24) is 5.32 Å². The second kappa shape index (κ2) is 1.32. The average molecular weight is 126 g/mol. The number of hydrogen-bond donors (Lipinski definition) is 2. The summed E-state index contributed by atoms with van der Waals surface area (Å²) in [5, 5.41) is 3.21. The lowest BCUT2D eigenvalue weighted by atomic mass is 9.40. The summed E-state index contributed by atoms with van der Waals surface area (Å²) < 4.78 is 0. The van der Waals surface area contributed by atoms with Gasteiger partial charge in [0, 0.05) is 12.1 Å². The SMILES string of the molecule is CNCC12CC(N)(C1)C2. The first-order valence-electron chi connectivity index (χ1n) is 3.62. The topological polar surface area (TPSA) is 38.0 Å². The summed E-state index contributed by atoms with van der Waals surface area (Å²) in [5.41, 5.74) is 6.81. The Morgan fingerprint density at radius 2 is 2.00 bits per heavy atom. The Morgan fingerprint density at radius 3 is 2.33 bits per heavy atom. The third-order valence-corrected chi connectivity index (χ3v) is 2.73. The largest absolute Gasteiger partial charge is 0.325 e. The first-order valence-corrected chi connectivity index (χ1v) is 3.62. The molecule has 0 aromatic rings. The fourth-order valence-electron chi connectivity index (χ4n) is 2.65. The van der Waals surface area contributed by atoms with Crippen molar-refractivity contribution < 1.29 is 0 Å². The molecule has 0 atom stereocenters. The summed E-state index contributed by atoms with van der Waals surface area (Å²) in [6.07, 6.45) is 3.79. The van der Waals surface area contributed by atoms with Crippen LogP contribution < -0.4 is 11.1 Å². The molecule has 0 aromatic carbocycles. The summed E-state index contributed by atoms with van der Waals surface area (Å²) in [5.74, 6) is 0. The number of rotatable bonds is 2. The van der Waals surface area contributed by atoms with Gasteiger partial charge in [-0.2, -0.15) is 0 Å². The van der Waals surface area contributed by atoms with Crippen LogP contribution in [0.4, 0.5) is 0 Å². The molecule has 0 radical (unpaired) electrons. The number of hydrogen-bond acceptors (Lipinski definition) is 2. The van der Waals surface area contributed by atoms with Gasteiger partial charge in [-0.3, -0.25) is 0 Å². The van der Waals surface area contributed by atoms with Crippen LogP contribution in [0.15, 0.2) is 0 Å². The number of nitrogens with one attached hydrogen (secondary N) is 1. The van der Waals surface area contributed by atoms with Crippen molar-refractivity contribution >= 4 is 0 Å². The van der Waals surface area contributed by atoms with E-state index in [0.717, 1.165) is 0 Å². The lowest BCUT2D eigenvalue weighted by Gasteiger charge is -2.69. The van der Waals surface area contributed by atoms with E-state index >= 15 is 0 Å². The second-order valence-electron chi connectivity index (χ2n) is 3.92. The maximum Gasteiger partial charge on any atom is 0.0171 e. The fourth-order valence-corrected chi connectivity index (χ4v) is 2.65. The van der Waals surface area contributed by atoms with Crippen LogP contribution >= 0.6 is 0 Å². The third-order valence-electron chi connectivity index (χ3n) is 2.73. The molecule has 0 saturated heterocycles. The van der Waals surface area contributed by atoms with Crippen molar-refractivity contribution in [3.63, 3.8) is 0 Å². The summed E-state index contributed by atoms with van der Waals surface area (Å²) in [6.45, 7) is 1.17. The maximum atomic E-state index is 5.88. The summed E-state index contributed by atoms with van der Waals surface area (Å²) >= 11 is 0. The highest BCUT2D eigenvalue weighted by Gasteiger charge is 2.64. The predicted octanol–water partition coefficient (Wildman–Crippen LogP) is 0.0872. The third kappa shape index (κ3) is 0.578. The molecule has 9 heavy (non-hydrogen) atoms. The zero-order valence-electron chi connectivity index (χ0n) is 5.91. The van der Waals surface area contributed by atoms with Gasteiger partial charge in [0.25, 0.3) is 0 Å². The van der Waals surface area contributed by atoms with Gasteiger partial charge < -0.3 is 11.1 Å². The van der Waals surface area contributed by atoms with Gasteiger partial charge in [-0.25, -0.2) is 0 Å². The van der Waals surface area contributed by atoms with E-state index in [-0.39, 0.29) is 5.54 Å². The first-order chi connectivity index (χ1) is 4.18. The monoisotopic (exact) mass is 126 g/mol. The van der Waals surface area contributed by atoms with Gasteiger partial charge in [0.05, 0.1) is 0 Å². The Labute approximate surface area is 55.8 Å². The van der Waals surface area contributed by atoms with Crippen molar-refractivity contribution in [2.45, 2.75) is 24.8 Å². The highest BCUT2D eigenvalue weighted by atomic mass is 15.0. The average Bonchev–Trinajstić information content (AvgIpc) is 1.60. The molecule has 52 valence electrons. The zero-order chi connectivity index (χ0) is 6.54. The Morgan fingerprint density at radius 1 is 1.44 bits per heavy atom. The molecule has 3 aliphatic rings. The molecular weight excluding hydrogens is 112 g/mol. The molecule has 0 aromatic heterocycles. The van der Waals surface area contributed by atoms with Crippen LogP contribution in [0.25, 0.3) is 0 Å². The smallest absolute Gasteiger partial charge is 0.0171 e. The molecular formula is C7H14N2. The van der Waals surface area contributed by atoms with E-state index in [4.69, 9.17) is 5.73 Å². The highest BCUT2D eigenvalue weighted by Crippen LogP contribution is 2.65. The molecule has 0 unspecified atom stereocenters. The maximum absolute atomic E-state index is 5.88. The molecule has 3 aliphatic carbocycles. The van der Waals surface area contributed by atoms with Crippen LogP contribution in [0.5, 0.6) is 0 Å². The van der Waals surface area contributed by atoms with E-state index in [1.807, 2.05) is 7.05 Å². The van der Waals surface area contributed by atoms with Gasteiger partial charge in [-0.15, -0.1) is 0 Å². The minimum absolute atomic E-state index is 0.289. The van der Waals surface area contributed by atoms with Gasteiger partial charge in [0.1, 0.15) is 0 Å². The van der Waals surface area contributed by atoms with Gasteiger partial charge >= 0.3 is 0 Å². The molecule has 0 spiro atoms. The summed E-state index contributed by atoms with van der Waals surface area (Å²) in [7, 11) is 2.02. The van der Waals surface area contributed by atoms with Crippen LogP contribution in [0.1, 0.15) is 19.3 Å². The second-order valence-corrected chi connectivity index (χ2v) is 3.92. The molecule has 3 N–H and O–H groups in total. The van der Waals surface area contributed by atoms with Crippen LogP contribution in [0.2, 0.25) is 0 Å². The molecule has 2 bridgehead atoms. The first kappa shape index (κ1) is 5.69. The lowest BCUT2D eigenvalue weighted by molar-refractivity contribution is -0.126. The minimum Gasteiger partial charge on any atom is -0.325 e. The van der Waals surface area contributed by atoms with E-state index < -0.39 is 0 Å². The van der Waals surface area contributed by atoms with Gasteiger partial charge in [-0.05, 0) is 31.7 Å². The van der Waals surface area contributed by atoms with Crippen molar-refractivity contribution in [3.05, 3.63) is 0 Å². The lowest BCUT2D eigenvalue weighted by Crippen LogP contribution is -2.74. The van der Waals surface area contributed by atoms with Crippen LogP contribution in [0, 0.1) is 5.41 Å². The molecule has 0 aliphatic heterocycles. The van der Waals surface area contributed by atoms with E-state index in [9.17, 15) is 0 Å². The molecule has 3 saturated carbocycles. The Kier molecular flexibility index (Phi) is 0.837. The van der Waals surface area contributed by atoms with Crippen LogP contribution in [0.3, 0.4) is 0 Å². The van der Waals surface area contributed by atoms with Crippen molar-refractivity contribution in [2.75, 3.05) is 13.6 Å². The van der Waals surface area contributed by atoms with Gasteiger partial charge in [0.15, 0.2) is 0 Å². The standard InChI is InChI=1S/C7H14N2/c1-9-5-6-2-7(8,3-6)4-6/h9H,2-5,8H2,1H3. The van der Waals surface area contributed by atoms with Crippen molar-refractivity contribution in [3.8, 4) is 0 Å². The molecule has 3 rings (SSSR count). The fraction of sp³-hybridized carbons (Fsp3) is 1.00. The van der Waals surface area contributed by atoms with Crippen molar-refractivity contribution in [2.24, 2.45) is 11.1 Å². The van der Waals surface area contributed by atoms with E-state index in [0.29, 0.717) is 5.41 Å². The Balaban J connectivity index is 1.90. The summed E-state index contributed by atoms with van der Waals surface area (Å²) in [6, 6.07) is 0. The molecule has 2 nitrogen and oxygen atoms in total. The van der Waals surface area contributed by atoms with Gasteiger partial charge in [-0.1, -0.05) is 0 Å². The molecule has 3 fully saturated rings. The Hall–Kier alpha value is -0.0800. The zero-order valence-corrected chi connectivity index (χ0v) is 5.91. The predicted molar refractivity (Wildman–Crippen MR) is 37.1 cm³/mol. The van der Waals surface area contributed by atoms with Gasteiger partial charge in [0.2, 0.25) is 0 Å². The van der Waals surface area contributed by atoms with E-state index in [1.165, 1.54) is 25.8 Å². The number of nitrogens with two attached hydrogens (primary N) is 1. The van der Waals surface area contributed by atoms with Crippen molar-refractivity contribution in [1.29, 1.82) is 0 Å². The van der Waals surface area contributed by atoms with Crippen LogP contribution in [-0.2, 0) is 0 Å². The highest BCUT2D eigenvalue weighted by molar-refractivity contribution is 5.21. The minimum atomic E-state index is 0.289. The quantitative estimate of drug-likeness (QED) is 0.550. The molecule has 0 amide bonds.